The molecular formula is C21H27FN2O5S. The van der Waals surface area contributed by atoms with Crippen molar-refractivity contribution >= 4 is 21.6 Å². The van der Waals surface area contributed by atoms with E-state index in [1.54, 1.807) is 18.2 Å². The van der Waals surface area contributed by atoms with Gasteiger partial charge in [-0.05, 0) is 49.2 Å². The molecule has 0 radical (unpaired) electrons. The Morgan fingerprint density at radius 2 is 1.80 bits per heavy atom. The molecule has 2 aromatic rings. The molecule has 9 heteroatoms. The van der Waals surface area contributed by atoms with Crippen molar-refractivity contribution in [2.75, 3.05) is 24.8 Å². The standard InChI is InChI=1S/C21H27FN2O5S/c1-6-18(15-10-11-19(28-3)20(12-15)29-4)23-21(25)14(2)24(30(5,26)27)17-9-7-8-16(22)13-17/h7-14,18H,6H2,1-5H3,(H,23,25)/t14-,18-/m0/s1. The van der Waals surface area contributed by atoms with Gasteiger partial charge in [0.1, 0.15) is 11.9 Å². The molecule has 1 amide bonds. The maximum atomic E-state index is 13.7. The number of carbonyl (C=O) groups is 1. The number of nitrogens with zero attached hydrogens (tertiary/aromatic N) is 1. The Balaban J connectivity index is 2.31. The third-order valence-corrected chi connectivity index (χ3v) is 5.93. The van der Waals surface area contributed by atoms with Crippen molar-refractivity contribution in [1.82, 2.24) is 5.32 Å². The van der Waals surface area contributed by atoms with E-state index >= 15 is 0 Å². The van der Waals surface area contributed by atoms with Gasteiger partial charge < -0.3 is 14.8 Å². The Bertz CT molecular complexity index is 997. The molecule has 0 heterocycles. The Morgan fingerprint density at radius 1 is 1.13 bits per heavy atom. The van der Waals surface area contributed by atoms with E-state index in [4.69, 9.17) is 9.47 Å². The van der Waals surface area contributed by atoms with Gasteiger partial charge in [0.15, 0.2) is 11.5 Å². The van der Waals surface area contributed by atoms with Crippen LogP contribution < -0.4 is 19.1 Å². The van der Waals surface area contributed by atoms with Gasteiger partial charge in [0.05, 0.1) is 32.2 Å². The summed E-state index contributed by atoms with van der Waals surface area (Å²) in [7, 11) is -0.784. The van der Waals surface area contributed by atoms with Crippen molar-refractivity contribution in [1.29, 1.82) is 0 Å². The first-order valence-electron chi connectivity index (χ1n) is 9.39. The highest BCUT2D eigenvalue weighted by Gasteiger charge is 2.30. The number of ether oxygens (including phenoxy) is 2. The van der Waals surface area contributed by atoms with Crippen LogP contribution in [0.15, 0.2) is 42.5 Å². The first-order chi connectivity index (χ1) is 14.1. The topological polar surface area (TPSA) is 84.9 Å². The molecule has 0 aliphatic rings. The molecule has 0 saturated carbocycles. The van der Waals surface area contributed by atoms with Gasteiger partial charge in [0.25, 0.3) is 0 Å². The van der Waals surface area contributed by atoms with Crippen LogP contribution in [-0.2, 0) is 14.8 Å². The van der Waals surface area contributed by atoms with Crippen LogP contribution in [0.3, 0.4) is 0 Å². The fraction of sp³-hybridized carbons (Fsp3) is 0.381. The van der Waals surface area contributed by atoms with Crippen LogP contribution in [0.1, 0.15) is 31.9 Å². The zero-order chi connectivity index (χ0) is 22.5. The highest BCUT2D eigenvalue weighted by atomic mass is 32.2. The lowest BCUT2D eigenvalue weighted by Gasteiger charge is -2.30. The zero-order valence-electron chi connectivity index (χ0n) is 17.7. The van der Waals surface area contributed by atoms with Crippen LogP contribution >= 0.6 is 0 Å². The minimum absolute atomic E-state index is 0.0827. The second-order valence-corrected chi connectivity index (χ2v) is 8.66. The fourth-order valence-electron chi connectivity index (χ4n) is 3.20. The number of halogens is 1. The summed E-state index contributed by atoms with van der Waals surface area (Å²) in [6, 6.07) is 8.97. The summed E-state index contributed by atoms with van der Waals surface area (Å²) in [6.07, 6.45) is 1.54. The normalized spacial score (nSPS) is 13.3. The minimum Gasteiger partial charge on any atom is -0.493 e. The quantitative estimate of drug-likeness (QED) is 0.650. The number of hydrogen-bond donors (Lipinski definition) is 1. The summed E-state index contributed by atoms with van der Waals surface area (Å²) < 4.78 is 49.8. The van der Waals surface area contributed by atoms with Gasteiger partial charge in [0.2, 0.25) is 15.9 Å². The Hall–Kier alpha value is -2.81. The average molecular weight is 439 g/mol. The molecule has 2 rings (SSSR count). The number of rotatable bonds is 9. The maximum Gasteiger partial charge on any atom is 0.244 e. The third-order valence-electron chi connectivity index (χ3n) is 4.69. The van der Waals surface area contributed by atoms with Gasteiger partial charge in [-0.15, -0.1) is 0 Å². The van der Waals surface area contributed by atoms with Gasteiger partial charge >= 0.3 is 0 Å². The number of benzene rings is 2. The molecule has 0 aliphatic carbocycles. The summed E-state index contributed by atoms with van der Waals surface area (Å²) in [5, 5.41) is 2.87. The van der Waals surface area contributed by atoms with E-state index in [1.807, 2.05) is 6.92 Å². The van der Waals surface area contributed by atoms with E-state index < -0.39 is 27.8 Å². The van der Waals surface area contributed by atoms with Crippen molar-refractivity contribution in [3.8, 4) is 11.5 Å². The predicted octanol–water partition coefficient (Wildman–Crippen LogP) is 3.26. The molecule has 30 heavy (non-hydrogen) atoms. The van der Waals surface area contributed by atoms with E-state index in [-0.39, 0.29) is 11.7 Å². The van der Waals surface area contributed by atoms with Gasteiger partial charge in [-0.25, -0.2) is 12.8 Å². The number of sulfonamides is 1. The van der Waals surface area contributed by atoms with Gasteiger partial charge in [-0.2, -0.15) is 0 Å². The second-order valence-electron chi connectivity index (χ2n) is 6.80. The number of carbonyl (C=O) groups excluding carboxylic acids is 1. The lowest BCUT2D eigenvalue weighted by molar-refractivity contribution is -0.122. The molecule has 0 saturated heterocycles. The second kappa shape index (κ2) is 9.80. The highest BCUT2D eigenvalue weighted by molar-refractivity contribution is 7.92. The van der Waals surface area contributed by atoms with Crippen LogP contribution in [0.4, 0.5) is 10.1 Å². The largest absolute Gasteiger partial charge is 0.493 e. The van der Waals surface area contributed by atoms with Crippen molar-refractivity contribution in [2.24, 2.45) is 0 Å². The number of hydrogen-bond acceptors (Lipinski definition) is 5. The van der Waals surface area contributed by atoms with Crippen LogP contribution in [0.2, 0.25) is 0 Å². The Labute approximate surface area is 176 Å². The Kier molecular flexibility index (Phi) is 7.66. The summed E-state index contributed by atoms with van der Waals surface area (Å²) in [6.45, 7) is 3.36. The van der Waals surface area contributed by atoms with Crippen LogP contribution in [0, 0.1) is 5.82 Å². The summed E-state index contributed by atoms with van der Waals surface area (Å²) in [4.78, 5) is 12.9. The van der Waals surface area contributed by atoms with Gasteiger partial charge in [0, 0.05) is 0 Å². The number of nitrogens with one attached hydrogen (secondary N) is 1. The third kappa shape index (κ3) is 5.41. The zero-order valence-corrected chi connectivity index (χ0v) is 18.5. The molecule has 0 fully saturated rings. The summed E-state index contributed by atoms with van der Waals surface area (Å²) in [5.74, 6) is -0.0183. The lowest BCUT2D eigenvalue weighted by Crippen LogP contribution is -2.48. The molecule has 7 nitrogen and oxygen atoms in total. The highest BCUT2D eigenvalue weighted by Crippen LogP contribution is 2.31. The molecular weight excluding hydrogens is 411 g/mol. The van der Waals surface area contributed by atoms with Gasteiger partial charge in [-0.1, -0.05) is 19.1 Å². The predicted molar refractivity (Wildman–Crippen MR) is 114 cm³/mol. The molecule has 0 aromatic heterocycles. The fourth-order valence-corrected chi connectivity index (χ4v) is 4.37. The minimum atomic E-state index is -3.84. The maximum absolute atomic E-state index is 13.7. The van der Waals surface area contributed by atoms with E-state index in [0.717, 1.165) is 22.2 Å². The molecule has 164 valence electrons. The van der Waals surface area contributed by atoms with Gasteiger partial charge in [-0.3, -0.25) is 9.10 Å². The SMILES string of the molecule is CC[C@H](NC(=O)[C@H](C)N(c1cccc(F)c1)S(C)(=O)=O)c1ccc(OC)c(OC)c1. The van der Waals surface area contributed by atoms with E-state index in [1.165, 1.54) is 39.3 Å². The summed E-state index contributed by atoms with van der Waals surface area (Å²) >= 11 is 0. The van der Waals surface area contributed by atoms with Crippen LogP contribution in [0.5, 0.6) is 11.5 Å². The molecule has 2 aromatic carbocycles. The van der Waals surface area contributed by atoms with Crippen molar-refractivity contribution < 1.29 is 27.1 Å². The number of methoxy groups -OCH3 is 2. The number of amides is 1. The molecule has 0 bridgehead atoms. The van der Waals surface area contributed by atoms with Crippen molar-refractivity contribution in [2.45, 2.75) is 32.4 Å². The van der Waals surface area contributed by atoms with E-state index in [0.29, 0.717) is 17.9 Å². The summed E-state index contributed by atoms with van der Waals surface area (Å²) in [5.41, 5.74) is 0.867. The number of anilines is 1. The van der Waals surface area contributed by atoms with E-state index in [9.17, 15) is 17.6 Å². The molecule has 1 N–H and O–H groups in total. The molecule has 2 atom stereocenters. The molecule has 0 spiro atoms. The monoisotopic (exact) mass is 438 g/mol. The smallest absolute Gasteiger partial charge is 0.244 e. The van der Waals surface area contributed by atoms with Crippen LogP contribution in [0.25, 0.3) is 0 Å². The lowest BCUT2D eigenvalue weighted by atomic mass is 10.0. The van der Waals surface area contributed by atoms with E-state index in [2.05, 4.69) is 5.32 Å². The molecule has 0 unspecified atom stereocenters. The van der Waals surface area contributed by atoms with Crippen molar-refractivity contribution in [3.63, 3.8) is 0 Å². The van der Waals surface area contributed by atoms with Crippen LogP contribution in [-0.4, -0.2) is 40.8 Å². The molecule has 0 aliphatic heterocycles. The first kappa shape index (κ1) is 23.5. The Morgan fingerprint density at radius 3 is 2.33 bits per heavy atom. The average Bonchev–Trinajstić information content (AvgIpc) is 2.70. The first-order valence-corrected chi connectivity index (χ1v) is 11.2. The van der Waals surface area contributed by atoms with Crippen molar-refractivity contribution in [3.05, 3.63) is 53.8 Å².